The summed E-state index contributed by atoms with van der Waals surface area (Å²) in [6.45, 7) is 15.2. The molecule has 0 radical (unpaired) electrons. The van der Waals surface area contributed by atoms with Gasteiger partial charge in [-0.25, -0.2) is 8.78 Å². The molecule has 6 aliphatic carbocycles. The normalized spacial score (nSPS) is 40.4. The number of rotatable bonds is 14. The van der Waals surface area contributed by atoms with Gasteiger partial charge in [-0.1, -0.05) is 60.4 Å². The van der Waals surface area contributed by atoms with Crippen LogP contribution in [0.1, 0.15) is 158 Å². The van der Waals surface area contributed by atoms with Crippen molar-refractivity contribution in [2.75, 3.05) is 26.6 Å². The van der Waals surface area contributed by atoms with Crippen LogP contribution in [-0.2, 0) is 9.47 Å². The number of hydrogen-bond donors (Lipinski definition) is 8. The summed E-state index contributed by atoms with van der Waals surface area (Å²) < 4.78 is 38.7. The lowest BCUT2D eigenvalue weighted by atomic mass is 9.62. The van der Waals surface area contributed by atoms with Crippen LogP contribution in [0.5, 0.6) is 0 Å². The molecule has 6 rings (SSSR count). The molecule has 10 nitrogen and oxygen atoms in total. The number of hydrogen-bond acceptors (Lipinski definition) is 10. The van der Waals surface area contributed by atoms with Gasteiger partial charge < -0.3 is 50.3 Å². The van der Waals surface area contributed by atoms with Crippen molar-refractivity contribution in [2.24, 2.45) is 34.5 Å². The molecule has 6 saturated carbocycles. The second kappa shape index (κ2) is 21.4. The topological polar surface area (TPSA) is 180 Å². The third-order valence-electron chi connectivity index (χ3n) is 17.0. The molecule has 0 bridgehead atoms. The van der Waals surface area contributed by atoms with Gasteiger partial charge in [-0.2, -0.15) is 0 Å². The van der Waals surface area contributed by atoms with Crippen molar-refractivity contribution in [3.8, 4) is 0 Å². The van der Waals surface area contributed by atoms with Crippen LogP contribution in [-0.4, -0.2) is 126 Å². The Bertz CT molecular complexity index is 1510. The van der Waals surface area contributed by atoms with Gasteiger partial charge in [0, 0.05) is 13.2 Å². The molecule has 0 amide bonds. The molecular formula is C52H86F2O10. The van der Waals surface area contributed by atoms with E-state index in [0.717, 1.165) is 62.5 Å². The molecule has 6 unspecified atom stereocenters. The molecule has 0 aromatic carbocycles. The van der Waals surface area contributed by atoms with E-state index in [4.69, 9.17) is 9.47 Å². The van der Waals surface area contributed by atoms with Gasteiger partial charge in [-0.15, -0.1) is 0 Å². The van der Waals surface area contributed by atoms with Crippen molar-refractivity contribution < 1.29 is 59.1 Å². The first-order valence-corrected chi connectivity index (χ1v) is 24.5. The minimum absolute atomic E-state index is 0.145. The molecule has 0 heterocycles. The van der Waals surface area contributed by atoms with Crippen LogP contribution in [0.3, 0.4) is 0 Å². The van der Waals surface area contributed by atoms with Crippen LogP contribution >= 0.6 is 0 Å². The number of alkyl halides is 2. The Labute approximate surface area is 382 Å². The van der Waals surface area contributed by atoms with Gasteiger partial charge >= 0.3 is 0 Å². The number of allylic oxidation sites excluding steroid dienone is 6. The lowest BCUT2D eigenvalue weighted by Gasteiger charge is -2.44. The van der Waals surface area contributed by atoms with Crippen molar-refractivity contribution in [2.45, 2.75) is 217 Å². The highest BCUT2D eigenvalue weighted by molar-refractivity contribution is 5.29. The third kappa shape index (κ3) is 12.2. The Morgan fingerprint density at radius 3 is 1.22 bits per heavy atom. The molecule has 368 valence electrons. The van der Waals surface area contributed by atoms with Crippen molar-refractivity contribution in [3.63, 3.8) is 0 Å². The first-order valence-electron chi connectivity index (χ1n) is 24.5. The average Bonchev–Trinajstić information content (AvgIpc) is 3.76. The van der Waals surface area contributed by atoms with E-state index in [2.05, 4.69) is 39.8 Å². The molecule has 0 aromatic rings. The zero-order valence-electron chi connectivity index (χ0n) is 40.4. The Morgan fingerprint density at radius 1 is 0.594 bits per heavy atom. The van der Waals surface area contributed by atoms with E-state index in [9.17, 15) is 49.6 Å². The largest absolute Gasteiger partial charge is 0.390 e. The summed E-state index contributed by atoms with van der Waals surface area (Å²) in [7, 11) is 0. The zero-order chi connectivity index (χ0) is 47.5. The smallest absolute Gasteiger partial charge is 0.145 e. The number of aliphatic hydroxyl groups excluding tert-OH is 4. The number of halogens is 2. The second-order valence-electron chi connectivity index (χ2n) is 22.7. The van der Waals surface area contributed by atoms with E-state index < -0.39 is 60.2 Å². The highest BCUT2D eigenvalue weighted by Crippen LogP contribution is 2.60. The van der Waals surface area contributed by atoms with Crippen LogP contribution in [0.15, 0.2) is 46.6 Å². The van der Waals surface area contributed by atoms with E-state index >= 15 is 0 Å². The summed E-state index contributed by atoms with van der Waals surface area (Å²) in [5.41, 5.74) is -0.677. The van der Waals surface area contributed by atoms with Gasteiger partial charge in [0.05, 0.1) is 47.8 Å². The van der Waals surface area contributed by atoms with E-state index in [-0.39, 0.29) is 48.7 Å². The summed E-state index contributed by atoms with van der Waals surface area (Å²) in [6.07, 6.45) is 16.5. The first-order chi connectivity index (χ1) is 29.8. The Kier molecular flexibility index (Phi) is 17.8. The maximum atomic E-state index is 13.2. The van der Waals surface area contributed by atoms with Crippen LogP contribution in [0.25, 0.3) is 0 Å². The van der Waals surface area contributed by atoms with Gasteiger partial charge in [0.15, 0.2) is 0 Å². The molecule has 64 heavy (non-hydrogen) atoms. The van der Waals surface area contributed by atoms with E-state index in [1.54, 1.807) is 0 Å². The summed E-state index contributed by atoms with van der Waals surface area (Å²) in [5.74, 6) is 1.92. The van der Waals surface area contributed by atoms with E-state index in [1.165, 1.54) is 24.0 Å². The Hall–Kier alpha value is -1.58. The molecule has 12 heteroatoms. The maximum absolute atomic E-state index is 13.2. The summed E-state index contributed by atoms with van der Waals surface area (Å²) in [5, 5.41) is 80.9. The zero-order valence-corrected chi connectivity index (χ0v) is 40.4. The van der Waals surface area contributed by atoms with Crippen molar-refractivity contribution in [3.05, 3.63) is 46.6 Å². The lowest BCUT2D eigenvalue weighted by Crippen LogP contribution is -2.57. The summed E-state index contributed by atoms with van der Waals surface area (Å²) >= 11 is 0. The van der Waals surface area contributed by atoms with Gasteiger partial charge in [-0.3, -0.25) is 0 Å². The molecule has 12 atom stereocenters. The molecule has 8 N–H and O–H groups in total. The first kappa shape index (κ1) is 53.4. The van der Waals surface area contributed by atoms with Crippen LogP contribution in [0.2, 0.25) is 0 Å². The SMILES string of the molecule is C[C@@H](OCCC(C)(C)O)C1CCC2/C(=C/C=C3C[C@@H](O)C(O)(CF)[C@H](O)C3)CCCC21C.C[C@@H](OCCC(C)(C)O)C1CCC2/C(=C/C=C3C[C@@H](O)C(O)(CF)[C@H](O)C3)CCCC21C. The second-order valence-corrected chi connectivity index (χ2v) is 22.7. The fraction of sp³-hybridized carbons (Fsp3) is 0.846. The minimum Gasteiger partial charge on any atom is -0.390 e. The predicted molar refractivity (Wildman–Crippen MR) is 246 cm³/mol. The van der Waals surface area contributed by atoms with Gasteiger partial charge in [0.2, 0.25) is 0 Å². The molecular weight excluding hydrogens is 823 g/mol. The molecule has 6 fully saturated rings. The van der Waals surface area contributed by atoms with Gasteiger partial charge in [0.25, 0.3) is 0 Å². The number of fused-ring (bicyclic) bond motifs is 2. The summed E-state index contributed by atoms with van der Waals surface area (Å²) in [6, 6.07) is 0. The lowest BCUT2D eigenvalue weighted by molar-refractivity contribution is -0.165. The molecule has 0 spiro atoms. The van der Waals surface area contributed by atoms with Gasteiger partial charge in [0.1, 0.15) is 24.6 Å². The molecule has 0 saturated heterocycles. The van der Waals surface area contributed by atoms with Gasteiger partial charge in [-0.05, 0) is 179 Å². The quantitative estimate of drug-likeness (QED) is 0.0862. The number of aliphatic hydroxyl groups is 8. The highest BCUT2D eigenvalue weighted by Gasteiger charge is 2.53. The van der Waals surface area contributed by atoms with Crippen molar-refractivity contribution in [1.29, 1.82) is 0 Å². The van der Waals surface area contributed by atoms with Crippen LogP contribution in [0, 0.1) is 34.5 Å². The fourth-order valence-corrected chi connectivity index (χ4v) is 12.7. The third-order valence-corrected chi connectivity index (χ3v) is 17.0. The predicted octanol–water partition coefficient (Wildman–Crippen LogP) is 7.68. The highest BCUT2D eigenvalue weighted by atomic mass is 19.1. The summed E-state index contributed by atoms with van der Waals surface area (Å²) in [4.78, 5) is 0. The van der Waals surface area contributed by atoms with Crippen molar-refractivity contribution in [1.82, 2.24) is 0 Å². The van der Waals surface area contributed by atoms with E-state index in [1.807, 2.05) is 39.8 Å². The monoisotopic (exact) mass is 909 g/mol. The minimum atomic E-state index is -2.06. The Morgan fingerprint density at radius 2 is 0.922 bits per heavy atom. The maximum Gasteiger partial charge on any atom is 0.145 e. The van der Waals surface area contributed by atoms with Crippen molar-refractivity contribution >= 4 is 0 Å². The standard InChI is InChI=1S/2C26H43FO5/c2*1-17(32-13-12-24(2,3)30)20-9-10-21-19(6-5-11-25(20,21)4)8-7-18-14-22(28)26(31,16-27)23(29)15-18/h2*7-8,17,20-23,28-31H,5-6,9-16H2,1-4H3/b2*18-7?,19-8+/t2*17-,20?,21?,22-,23-,25?,26?/m11/s1. The molecule has 0 aromatic heterocycles. The van der Waals surface area contributed by atoms with Crippen LogP contribution in [0.4, 0.5) is 8.78 Å². The molecule has 0 aliphatic heterocycles. The van der Waals surface area contributed by atoms with Crippen LogP contribution < -0.4 is 0 Å². The Balaban J connectivity index is 0.000000241. The molecule has 6 aliphatic rings. The average molecular weight is 909 g/mol. The number of ether oxygens (including phenoxy) is 2. The fourth-order valence-electron chi connectivity index (χ4n) is 12.7. The van der Waals surface area contributed by atoms with E-state index in [0.29, 0.717) is 49.7 Å².